The maximum absolute atomic E-state index is 11.6. The molecule has 0 fully saturated rings. The zero-order chi connectivity index (χ0) is 18.8. The number of rotatable bonds is 3. The lowest BCUT2D eigenvalue weighted by Crippen LogP contribution is -2.31. The summed E-state index contributed by atoms with van der Waals surface area (Å²) in [7, 11) is 5.19. The molecule has 2 unspecified atom stereocenters. The summed E-state index contributed by atoms with van der Waals surface area (Å²) in [5.74, 6) is -0.965. The van der Waals surface area contributed by atoms with Gasteiger partial charge in [0.1, 0.15) is 11.7 Å². The number of hydrogen-bond donors (Lipinski definition) is 1. The summed E-state index contributed by atoms with van der Waals surface area (Å²) >= 11 is 0. The Morgan fingerprint density at radius 3 is 2.50 bits per heavy atom. The van der Waals surface area contributed by atoms with Crippen molar-refractivity contribution in [3.05, 3.63) is 59.2 Å². The van der Waals surface area contributed by atoms with Crippen LogP contribution in [0.4, 0.5) is 5.69 Å². The average Bonchev–Trinajstić information content (AvgIpc) is 2.65. The highest BCUT2D eigenvalue weighted by molar-refractivity contribution is 5.89. The van der Waals surface area contributed by atoms with Crippen LogP contribution >= 0.6 is 0 Å². The van der Waals surface area contributed by atoms with Gasteiger partial charge in [0.15, 0.2) is 0 Å². The Labute approximate surface area is 152 Å². The summed E-state index contributed by atoms with van der Waals surface area (Å²) in [6, 6.07) is 14.9. The molecule has 1 heterocycles. The molecule has 0 bridgehead atoms. The summed E-state index contributed by atoms with van der Waals surface area (Å²) < 4.78 is 10.3. The van der Waals surface area contributed by atoms with E-state index < -0.39 is 11.9 Å². The molecule has 0 spiro atoms. The Morgan fingerprint density at radius 1 is 1.23 bits per heavy atom. The first-order valence-electron chi connectivity index (χ1n) is 8.11. The average molecular weight is 349 g/mol. The number of ether oxygens (including phenoxy) is 2. The lowest BCUT2D eigenvalue weighted by atomic mass is 9.79. The van der Waals surface area contributed by atoms with Crippen LogP contribution in [0.25, 0.3) is 0 Å². The molecule has 1 aliphatic heterocycles. The fraction of sp³-hybridized carbons (Fsp3) is 0.250. The fourth-order valence-corrected chi connectivity index (χ4v) is 3.11. The molecule has 2 aromatic carbocycles. The normalized spacial score (nSPS) is 18.3. The number of benzene rings is 2. The van der Waals surface area contributed by atoms with Gasteiger partial charge >= 0.3 is 5.97 Å². The van der Waals surface area contributed by atoms with E-state index in [0.29, 0.717) is 11.3 Å². The summed E-state index contributed by atoms with van der Waals surface area (Å²) in [5.41, 5.74) is 3.09. The second-order valence-electron chi connectivity index (χ2n) is 6.28. The van der Waals surface area contributed by atoms with E-state index in [1.807, 2.05) is 37.2 Å². The van der Waals surface area contributed by atoms with Crippen LogP contribution in [-0.2, 0) is 4.74 Å². The quantitative estimate of drug-likeness (QED) is 0.860. The Hall–Kier alpha value is -3.33. The second-order valence-corrected chi connectivity index (χ2v) is 6.28. The molecule has 1 N–H and O–H groups in total. The summed E-state index contributed by atoms with van der Waals surface area (Å²) in [5, 5.41) is 17.7. The Morgan fingerprint density at radius 2 is 1.92 bits per heavy atom. The minimum Gasteiger partial charge on any atom is -0.465 e. The zero-order valence-corrected chi connectivity index (χ0v) is 14.8. The van der Waals surface area contributed by atoms with Crippen LogP contribution in [0.15, 0.2) is 42.5 Å². The first kappa shape index (κ1) is 17.5. The molecule has 132 valence electrons. The molecule has 1 aliphatic rings. The number of carbonyl (C=O) groups is 1. The van der Waals surface area contributed by atoms with E-state index in [-0.39, 0.29) is 11.8 Å². The van der Waals surface area contributed by atoms with Gasteiger partial charge in [0, 0.05) is 37.3 Å². The molecular formula is C20H19N3O3. The van der Waals surface area contributed by atoms with Crippen molar-refractivity contribution in [1.82, 2.24) is 0 Å². The first-order valence-corrected chi connectivity index (χ1v) is 8.11. The van der Waals surface area contributed by atoms with Gasteiger partial charge in [0.2, 0.25) is 5.90 Å². The lowest BCUT2D eigenvalue weighted by Gasteiger charge is -2.31. The summed E-state index contributed by atoms with van der Waals surface area (Å²) in [6.45, 7) is 0. The van der Waals surface area contributed by atoms with E-state index >= 15 is 0 Å². The number of fused-ring (bicyclic) bond motifs is 1. The molecule has 6 heteroatoms. The van der Waals surface area contributed by atoms with E-state index in [9.17, 15) is 10.1 Å². The van der Waals surface area contributed by atoms with E-state index in [4.69, 9.17) is 14.9 Å². The largest absolute Gasteiger partial charge is 0.465 e. The minimum absolute atomic E-state index is 0.0713. The Balaban J connectivity index is 2.08. The molecule has 2 atom stereocenters. The van der Waals surface area contributed by atoms with Crippen LogP contribution in [0.3, 0.4) is 0 Å². The number of carbonyl (C=O) groups excluding carboxylic acids is 1. The number of anilines is 1. The number of nitrogens with zero attached hydrogens (tertiary/aromatic N) is 2. The highest BCUT2D eigenvalue weighted by atomic mass is 16.5. The molecule has 0 amide bonds. The minimum atomic E-state index is -0.725. The van der Waals surface area contributed by atoms with Gasteiger partial charge in [-0.25, -0.2) is 4.79 Å². The highest BCUT2D eigenvalue weighted by Gasteiger charge is 2.37. The van der Waals surface area contributed by atoms with Crippen molar-refractivity contribution in [2.45, 2.75) is 5.92 Å². The zero-order valence-electron chi connectivity index (χ0n) is 14.8. The van der Waals surface area contributed by atoms with Crippen molar-refractivity contribution in [1.29, 1.82) is 10.7 Å². The van der Waals surface area contributed by atoms with Gasteiger partial charge in [-0.15, -0.1) is 0 Å². The predicted molar refractivity (Wildman–Crippen MR) is 97.9 cm³/mol. The van der Waals surface area contributed by atoms with E-state index in [1.54, 1.807) is 24.3 Å². The third-order valence-corrected chi connectivity index (χ3v) is 4.51. The monoisotopic (exact) mass is 349 g/mol. The van der Waals surface area contributed by atoms with Gasteiger partial charge in [0.05, 0.1) is 18.7 Å². The van der Waals surface area contributed by atoms with Crippen LogP contribution in [0.1, 0.15) is 27.4 Å². The van der Waals surface area contributed by atoms with Gasteiger partial charge < -0.3 is 14.4 Å². The van der Waals surface area contributed by atoms with E-state index in [0.717, 1.165) is 16.8 Å². The molecule has 0 radical (unpaired) electrons. The second kappa shape index (κ2) is 6.89. The van der Waals surface area contributed by atoms with Crippen LogP contribution in [0.2, 0.25) is 0 Å². The smallest absolute Gasteiger partial charge is 0.337 e. The molecule has 26 heavy (non-hydrogen) atoms. The summed E-state index contributed by atoms with van der Waals surface area (Å²) in [4.78, 5) is 13.6. The number of nitrogens with one attached hydrogen (secondary N) is 1. The van der Waals surface area contributed by atoms with Crippen molar-refractivity contribution in [2.75, 3.05) is 26.1 Å². The van der Waals surface area contributed by atoms with Crippen LogP contribution in [-0.4, -0.2) is 33.1 Å². The molecule has 2 aromatic rings. The fourth-order valence-electron chi connectivity index (χ4n) is 3.11. The standard InChI is InChI=1S/C20H19N3O3/c1-23(2)14-8-9-15-17(10-14)26-19(22)16(11-21)18(15)12-4-6-13(7-5-12)20(24)25-3/h4-10,16,18,22H,1-3H3. The molecule has 6 nitrogen and oxygen atoms in total. The highest BCUT2D eigenvalue weighted by Crippen LogP contribution is 2.43. The summed E-state index contributed by atoms with van der Waals surface area (Å²) in [6.07, 6.45) is 0. The van der Waals surface area contributed by atoms with Crippen molar-refractivity contribution in [2.24, 2.45) is 5.92 Å². The van der Waals surface area contributed by atoms with Crippen molar-refractivity contribution >= 4 is 17.6 Å². The third-order valence-electron chi connectivity index (χ3n) is 4.51. The topological polar surface area (TPSA) is 86.4 Å². The van der Waals surface area contributed by atoms with E-state index in [2.05, 4.69) is 6.07 Å². The van der Waals surface area contributed by atoms with Crippen molar-refractivity contribution in [3.63, 3.8) is 0 Å². The molecular weight excluding hydrogens is 330 g/mol. The maximum atomic E-state index is 11.6. The number of hydrogen-bond acceptors (Lipinski definition) is 6. The van der Waals surface area contributed by atoms with Gasteiger partial charge in [0.25, 0.3) is 0 Å². The van der Waals surface area contributed by atoms with Crippen LogP contribution in [0.5, 0.6) is 5.75 Å². The van der Waals surface area contributed by atoms with Crippen molar-refractivity contribution < 1.29 is 14.3 Å². The number of nitriles is 1. The SMILES string of the molecule is COC(=O)c1ccc(C2c3ccc(N(C)C)cc3OC(=N)C2C#N)cc1. The third kappa shape index (κ3) is 3.00. The van der Waals surface area contributed by atoms with Crippen molar-refractivity contribution in [3.8, 4) is 11.8 Å². The van der Waals surface area contributed by atoms with Gasteiger partial charge in [-0.05, 0) is 23.8 Å². The molecule has 3 rings (SSSR count). The van der Waals surface area contributed by atoms with Gasteiger partial charge in [-0.1, -0.05) is 18.2 Å². The molecule has 0 saturated carbocycles. The molecule has 0 aliphatic carbocycles. The molecule has 0 saturated heterocycles. The predicted octanol–water partition coefficient (Wildman–Crippen LogP) is 3.18. The van der Waals surface area contributed by atoms with Gasteiger partial charge in [-0.3, -0.25) is 5.41 Å². The Kier molecular flexibility index (Phi) is 4.63. The maximum Gasteiger partial charge on any atom is 0.337 e. The van der Waals surface area contributed by atoms with E-state index in [1.165, 1.54) is 7.11 Å². The van der Waals surface area contributed by atoms with Gasteiger partial charge in [-0.2, -0.15) is 5.26 Å². The first-order chi connectivity index (χ1) is 12.5. The number of methoxy groups -OCH3 is 1. The van der Waals surface area contributed by atoms with Crippen LogP contribution in [0, 0.1) is 22.7 Å². The Bertz CT molecular complexity index is 898. The number of esters is 1. The lowest BCUT2D eigenvalue weighted by molar-refractivity contribution is 0.0600. The van der Waals surface area contributed by atoms with Crippen LogP contribution < -0.4 is 9.64 Å². The molecule has 0 aromatic heterocycles.